The van der Waals surface area contributed by atoms with E-state index in [1.54, 1.807) is 6.92 Å². The van der Waals surface area contributed by atoms with Gasteiger partial charge in [0.05, 0.1) is 12.5 Å². The van der Waals surface area contributed by atoms with Crippen LogP contribution in [0.3, 0.4) is 0 Å². The molecule has 80 valence electrons. The van der Waals surface area contributed by atoms with Crippen molar-refractivity contribution >= 4 is 11.9 Å². The van der Waals surface area contributed by atoms with Crippen LogP contribution in [0.2, 0.25) is 0 Å². The minimum atomic E-state index is -0.351. The SMILES string of the molecule is CC(=O)OC(C)CC(=O)NC1CNC1. The maximum Gasteiger partial charge on any atom is 0.302 e. The van der Waals surface area contributed by atoms with Crippen LogP contribution in [0.5, 0.6) is 0 Å². The highest BCUT2D eigenvalue weighted by molar-refractivity contribution is 5.77. The zero-order chi connectivity index (χ0) is 10.6. The molecule has 5 heteroatoms. The first-order chi connectivity index (χ1) is 6.58. The number of rotatable bonds is 4. The fourth-order valence-electron chi connectivity index (χ4n) is 1.26. The normalized spacial score (nSPS) is 18.1. The molecule has 2 N–H and O–H groups in total. The van der Waals surface area contributed by atoms with Gasteiger partial charge in [-0.2, -0.15) is 0 Å². The topological polar surface area (TPSA) is 67.4 Å². The number of carbonyl (C=O) groups is 2. The lowest BCUT2D eigenvalue weighted by molar-refractivity contribution is -0.146. The van der Waals surface area contributed by atoms with Crippen LogP contribution in [0.4, 0.5) is 0 Å². The van der Waals surface area contributed by atoms with Crippen molar-refractivity contribution in [1.29, 1.82) is 0 Å². The number of ether oxygens (including phenoxy) is 1. The van der Waals surface area contributed by atoms with Gasteiger partial charge < -0.3 is 15.4 Å². The molecule has 1 atom stereocenters. The van der Waals surface area contributed by atoms with E-state index < -0.39 is 0 Å². The second-order valence-corrected chi connectivity index (χ2v) is 3.55. The van der Waals surface area contributed by atoms with Crippen molar-refractivity contribution in [1.82, 2.24) is 10.6 Å². The monoisotopic (exact) mass is 200 g/mol. The standard InChI is InChI=1S/C9H16N2O3/c1-6(14-7(2)12)3-9(13)11-8-4-10-5-8/h6,8,10H,3-5H2,1-2H3,(H,11,13). The highest BCUT2D eigenvalue weighted by Crippen LogP contribution is 1.99. The molecular weight excluding hydrogens is 184 g/mol. The maximum absolute atomic E-state index is 11.3. The van der Waals surface area contributed by atoms with Gasteiger partial charge in [-0.3, -0.25) is 9.59 Å². The summed E-state index contributed by atoms with van der Waals surface area (Å²) in [5, 5.41) is 5.88. The predicted molar refractivity (Wildman–Crippen MR) is 50.6 cm³/mol. The zero-order valence-corrected chi connectivity index (χ0v) is 8.50. The van der Waals surface area contributed by atoms with Crippen molar-refractivity contribution in [2.24, 2.45) is 0 Å². The van der Waals surface area contributed by atoms with Gasteiger partial charge in [-0.25, -0.2) is 0 Å². The van der Waals surface area contributed by atoms with Crippen LogP contribution in [-0.4, -0.2) is 37.1 Å². The summed E-state index contributed by atoms with van der Waals surface area (Å²) in [6.07, 6.45) is -0.115. The van der Waals surface area contributed by atoms with Crippen molar-refractivity contribution in [3.05, 3.63) is 0 Å². The molecule has 0 aromatic heterocycles. The minimum absolute atomic E-state index is 0.0646. The van der Waals surface area contributed by atoms with Gasteiger partial charge in [0, 0.05) is 20.0 Å². The number of carbonyl (C=O) groups excluding carboxylic acids is 2. The lowest BCUT2D eigenvalue weighted by Crippen LogP contribution is -2.57. The van der Waals surface area contributed by atoms with Gasteiger partial charge in [0.2, 0.25) is 5.91 Å². The molecule has 0 saturated carbocycles. The van der Waals surface area contributed by atoms with E-state index in [4.69, 9.17) is 4.74 Å². The summed E-state index contributed by atoms with van der Waals surface area (Å²) in [5.41, 5.74) is 0. The molecule has 1 heterocycles. The number of hydrogen-bond donors (Lipinski definition) is 2. The summed E-state index contributed by atoms with van der Waals surface area (Å²) in [6, 6.07) is 0.243. The Morgan fingerprint density at radius 3 is 2.64 bits per heavy atom. The van der Waals surface area contributed by atoms with Crippen LogP contribution in [0.25, 0.3) is 0 Å². The first kappa shape index (κ1) is 11.0. The van der Waals surface area contributed by atoms with Crippen LogP contribution >= 0.6 is 0 Å². The van der Waals surface area contributed by atoms with Crippen LogP contribution in [0.1, 0.15) is 20.3 Å². The van der Waals surface area contributed by atoms with Crippen LogP contribution < -0.4 is 10.6 Å². The number of amides is 1. The fourth-order valence-corrected chi connectivity index (χ4v) is 1.26. The molecule has 1 fully saturated rings. The molecule has 0 aliphatic carbocycles. The zero-order valence-electron chi connectivity index (χ0n) is 8.50. The lowest BCUT2D eigenvalue weighted by atomic mass is 10.1. The van der Waals surface area contributed by atoms with E-state index in [0.717, 1.165) is 13.1 Å². The molecule has 0 bridgehead atoms. The number of hydrogen-bond acceptors (Lipinski definition) is 4. The molecule has 1 aliphatic heterocycles. The van der Waals surface area contributed by atoms with Gasteiger partial charge in [0.1, 0.15) is 6.10 Å². The predicted octanol–water partition coefficient (Wildman–Crippen LogP) is -0.584. The lowest BCUT2D eigenvalue weighted by Gasteiger charge is -2.28. The van der Waals surface area contributed by atoms with E-state index in [-0.39, 0.29) is 30.4 Å². The molecule has 1 aliphatic rings. The van der Waals surface area contributed by atoms with Gasteiger partial charge in [-0.05, 0) is 6.92 Å². The summed E-state index contributed by atoms with van der Waals surface area (Å²) >= 11 is 0. The van der Waals surface area contributed by atoms with Crippen LogP contribution in [0.15, 0.2) is 0 Å². The minimum Gasteiger partial charge on any atom is -0.462 e. The van der Waals surface area contributed by atoms with Crippen LogP contribution in [0, 0.1) is 0 Å². The second-order valence-electron chi connectivity index (χ2n) is 3.55. The van der Waals surface area contributed by atoms with E-state index in [1.807, 2.05) is 0 Å². The third-order valence-corrected chi connectivity index (χ3v) is 1.99. The molecular formula is C9H16N2O3. The van der Waals surface area contributed by atoms with E-state index >= 15 is 0 Å². The van der Waals surface area contributed by atoms with Crippen molar-refractivity contribution in [3.8, 4) is 0 Å². The smallest absolute Gasteiger partial charge is 0.302 e. The molecule has 1 unspecified atom stereocenters. The van der Waals surface area contributed by atoms with Crippen molar-refractivity contribution in [2.45, 2.75) is 32.4 Å². The van der Waals surface area contributed by atoms with E-state index in [1.165, 1.54) is 6.92 Å². The molecule has 1 saturated heterocycles. The van der Waals surface area contributed by atoms with E-state index in [9.17, 15) is 9.59 Å². The largest absolute Gasteiger partial charge is 0.462 e. The molecule has 0 aromatic rings. The summed E-state index contributed by atoms with van der Waals surface area (Å²) in [7, 11) is 0. The molecule has 14 heavy (non-hydrogen) atoms. The van der Waals surface area contributed by atoms with Gasteiger partial charge in [-0.1, -0.05) is 0 Å². The average molecular weight is 200 g/mol. The Bertz CT molecular complexity index is 226. The average Bonchev–Trinajstić information content (AvgIpc) is 1.94. The Kier molecular flexibility index (Phi) is 3.88. The highest BCUT2D eigenvalue weighted by Gasteiger charge is 2.20. The number of esters is 1. The van der Waals surface area contributed by atoms with Crippen LogP contribution in [-0.2, 0) is 14.3 Å². The first-order valence-electron chi connectivity index (χ1n) is 4.75. The highest BCUT2D eigenvalue weighted by atomic mass is 16.5. The van der Waals surface area contributed by atoms with E-state index in [2.05, 4.69) is 10.6 Å². The molecule has 0 aromatic carbocycles. The summed E-state index contributed by atoms with van der Waals surface area (Å²) < 4.78 is 4.84. The maximum atomic E-state index is 11.3. The van der Waals surface area contributed by atoms with Crippen molar-refractivity contribution in [3.63, 3.8) is 0 Å². The third kappa shape index (κ3) is 3.74. The number of nitrogens with one attached hydrogen (secondary N) is 2. The Labute approximate surface area is 83.2 Å². The van der Waals surface area contributed by atoms with Gasteiger partial charge >= 0.3 is 5.97 Å². The van der Waals surface area contributed by atoms with Gasteiger partial charge in [0.15, 0.2) is 0 Å². The third-order valence-electron chi connectivity index (χ3n) is 1.99. The van der Waals surface area contributed by atoms with Gasteiger partial charge in [0.25, 0.3) is 0 Å². The Hall–Kier alpha value is -1.10. The Balaban J connectivity index is 2.14. The molecule has 0 spiro atoms. The summed E-state index contributed by atoms with van der Waals surface area (Å²) in [6.45, 7) is 4.70. The first-order valence-corrected chi connectivity index (χ1v) is 4.75. The summed E-state index contributed by atoms with van der Waals surface area (Å²) in [5.74, 6) is -0.416. The Morgan fingerprint density at radius 1 is 1.57 bits per heavy atom. The van der Waals surface area contributed by atoms with Crippen molar-refractivity contribution < 1.29 is 14.3 Å². The second kappa shape index (κ2) is 4.95. The quantitative estimate of drug-likeness (QED) is 0.596. The van der Waals surface area contributed by atoms with E-state index in [0.29, 0.717) is 0 Å². The molecule has 5 nitrogen and oxygen atoms in total. The Morgan fingerprint density at radius 2 is 2.21 bits per heavy atom. The fraction of sp³-hybridized carbons (Fsp3) is 0.778. The molecule has 1 rings (SSSR count). The molecule has 0 radical (unpaired) electrons. The van der Waals surface area contributed by atoms with Crippen molar-refractivity contribution in [2.75, 3.05) is 13.1 Å². The summed E-state index contributed by atoms with van der Waals surface area (Å²) in [4.78, 5) is 21.9. The van der Waals surface area contributed by atoms with Gasteiger partial charge in [-0.15, -0.1) is 0 Å². The molecule has 1 amide bonds.